The average Bonchev–Trinajstić information content (AvgIpc) is 3.20. The summed E-state index contributed by atoms with van der Waals surface area (Å²) in [6.07, 6.45) is 0.939. The van der Waals surface area contributed by atoms with E-state index in [0.29, 0.717) is 18.9 Å². The Morgan fingerprint density at radius 1 is 1.23 bits per heavy atom. The van der Waals surface area contributed by atoms with Crippen LogP contribution < -0.4 is 4.74 Å². The molecular weight excluding hydrogens is 278 g/mol. The first-order valence-electron chi connectivity index (χ1n) is 7.67. The topological polar surface area (TPSA) is 42.7 Å². The summed E-state index contributed by atoms with van der Waals surface area (Å²) < 4.78 is 11.3. The highest BCUT2D eigenvalue weighted by Gasteiger charge is 2.47. The Morgan fingerprint density at radius 2 is 2.09 bits per heavy atom. The molecule has 1 aromatic heterocycles. The largest absolute Gasteiger partial charge is 0.492 e. The predicted molar refractivity (Wildman–Crippen MR) is 82.3 cm³/mol. The summed E-state index contributed by atoms with van der Waals surface area (Å²) in [5, 5.41) is 0. The summed E-state index contributed by atoms with van der Waals surface area (Å²) in [4.78, 5) is 14.5. The lowest BCUT2D eigenvalue weighted by Gasteiger charge is -2.22. The summed E-state index contributed by atoms with van der Waals surface area (Å²) in [5.74, 6) is 2.14. The van der Waals surface area contributed by atoms with E-state index in [-0.39, 0.29) is 11.3 Å². The molecule has 22 heavy (non-hydrogen) atoms. The van der Waals surface area contributed by atoms with E-state index in [9.17, 15) is 4.79 Å². The fraction of sp³-hybridized carbons (Fsp3) is 0.389. The third-order valence-electron chi connectivity index (χ3n) is 4.80. The van der Waals surface area contributed by atoms with Gasteiger partial charge in [0.05, 0.1) is 12.0 Å². The van der Waals surface area contributed by atoms with E-state index < -0.39 is 0 Å². The van der Waals surface area contributed by atoms with Crippen molar-refractivity contribution in [3.63, 3.8) is 0 Å². The lowest BCUT2D eigenvalue weighted by atomic mass is 9.81. The third kappa shape index (κ3) is 1.94. The van der Waals surface area contributed by atoms with Crippen LogP contribution in [0.2, 0.25) is 0 Å². The van der Waals surface area contributed by atoms with Crippen molar-refractivity contribution in [2.45, 2.75) is 25.7 Å². The number of hydrogen-bond acceptors (Lipinski definition) is 3. The van der Waals surface area contributed by atoms with E-state index in [4.69, 9.17) is 9.15 Å². The van der Waals surface area contributed by atoms with Crippen LogP contribution in [0, 0.1) is 13.8 Å². The van der Waals surface area contributed by atoms with Crippen LogP contribution in [0.3, 0.4) is 0 Å². The van der Waals surface area contributed by atoms with Gasteiger partial charge in [-0.1, -0.05) is 17.7 Å². The highest BCUT2D eigenvalue weighted by molar-refractivity contribution is 5.92. The van der Waals surface area contributed by atoms with E-state index in [1.807, 2.05) is 24.0 Å². The molecule has 1 fully saturated rings. The van der Waals surface area contributed by atoms with Gasteiger partial charge < -0.3 is 14.1 Å². The van der Waals surface area contributed by atoms with Crippen LogP contribution in [0.15, 0.2) is 34.7 Å². The molecule has 0 bridgehead atoms. The number of ether oxygens (including phenoxy) is 1. The Labute approximate surface area is 129 Å². The van der Waals surface area contributed by atoms with Crippen molar-refractivity contribution >= 4 is 5.91 Å². The number of likely N-dealkylation sites (tertiary alicyclic amines) is 1. The molecule has 0 saturated carbocycles. The average molecular weight is 297 g/mol. The minimum atomic E-state index is -0.0569. The number of amides is 1. The monoisotopic (exact) mass is 297 g/mol. The van der Waals surface area contributed by atoms with Gasteiger partial charge in [-0.15, -0.1) is 0 Å². The van der Waals surface area contributed by atoms with E-state index in [1.165, 1.54) is 11.1 Å². The van der Waals surface area contributed by atoms with Gasteiger partial charge in [0.15, 0.2) is 5.76 Å². The van der Waals surface area contributed by atoms with Gasteiger partial charge in [0.25, 0.3) is 5.91 Å². The molecule has 0 N–H and O–H groups in total. The minimum absolute atomic E-state index is 0.0221. The molecule has 1 saturated heterocycles. The van der Waals surface area contributed by atoms with Crippen LogP contribution in [0.5, 0.6) is 5.75 Å². The number of carbonyl (C=O) groups excluding carboxylic acids is 1. The fourth-order valence-corrected chi connectivity index (χ4v) is 3.57. The van der Waals surface area contributed by atoms with Crippen LogP contribution in [-0.4, -0.2) is 30.5 Å². The standard InChI is InChI=1S/C18H19NO3/c1-12-3-5-15-14(9-12)18(11-21-15)7-8-19(10-18)17(20)16-6-4-13(2)22-16/h3-6,9H,7-8,10-11H2,1-2H3. The smallest absolute Gasteiger partial charge is 0.289 e. The molecular formula is C18H19NO3. The summed E-state index contributed by atoms with van der Waals surface area (Å²) >= 11 is 0. The second-order valence-corrected chi connectivity index (χ2v) is 6.46. The predicted octanol–water partition coefficient (Wildman–Crippen LogP) is 3.07. The lowest BCUT2D eigenvalue weighted by Crippen LogP contribution is -2.35. The second-order valence-electron chi connectivity index (χ2n) is 6.46. The molecule has 1 unspecified atom stereocenters. The first kappa shape index (κ1) is 13.4. The normalized spacial score (nSPS) is 22.9. The Bertz CT molecular complexity index is 749. The zero-order chi connectivity index (χ0) is 15.3. The molecule has 2 aliphatic rings. The summed E-state index contributed by atoms with van der Waals surface area (Å²) in [6, 6.07) is 9.90. The number of carbonyl (C=O) groups is 1. The molecule has 1 atom stereocenters. The van der Waals surface area contributed by atoms with Crippen LogP contribution in [0.25, 0.3) is 0 Å². The number of rotatable bonds is 1. The highest BCUT2D eigenvalue weighted by atomic mass is 16.5. The molecule has 1 aromatic carbocycles. The Hall–Kier alpha value is -2.23. The van der Waals surface area contributed by atoms with Crippen molar-refractivity contribution in [3.05, 3.63) is 53.0 Å². The SMILES string of the molecule is Cc1ccc2c(c1)C1(CCN(C(=O)c3ccc(C)o3)C1)CO2. The van der Waals surface area contributed by atoms with Gasteiger partial charge in [0.1, 0.15) is 11.5 Å². The van der Waals surface area contributed by atoms with Crippen molar-refractivity contribution in [3.8, 4) is 5.75 Å². The van der Waals surface area contributed by atoms with E-state index in [0.717, 1.165) is 24.5 Å². The van der Waals surface area contributed by atoms with Crippen molar-refractivity contribution in [1.29, 1.82) is 0 Å². The molecule has 2 aromatic rings. The number of hydrogen-bond donors (Lipinski definition) is 0. The van der Waals surface area contributed by atoms with Crippen LogP contribution in [-0.2, 0) is 5.41 Å². The molecule has 4 rings (SSSR count). The van der Waals surface area contributed by atoms with Gasteiger partial charge in [-0.05, 0) is 38.5 Å². The Kier molecular flexibility index (Phi) is 2.83. The van der Waals surface area contributed by atoms with Gasteiger partial charge in [0.2, 0.25) is 0 Å². The maximum absolute atomic E-state index is 12.6. The Morgan fingerprint density at radius 3 is 2.86 bits per heavy atom. The third-order valence-corrected chi connectivity index (χ3v) is 4.80. The van der Waals surface area contributed by atoms with Crippen LogP contribution >= 0.6 is 0 Å². The van der Waals surface area contributed by atoms with E-state index in [2.05, 4.69) is 19.1 Å². The molecule has 0 aliphatic carbocycles. The molecule has 1 spiro atoms. The molecule has 4 heteroatoms. The number of fused-ring (bicyclic) bond motifs is 2. The van der Waals surface area contributed by atoms with Crippen molar-refractivity contribution in [2.75, 3.05) is 19.7 Å². The van der Waals surface area contributed by atoms with Gasteiger partial charge in [-0.2, -0.15) is 0 Å². The molecule has 3 heterocycles. The first-order chi connectivity index (χ1) is 10.6. The minimum Gasteiger partial charge on any atom is -0.492 e. The highest BCUT2D eigenvalue weighted by Crippen LogP contribution is 2.45. The zero-order valence-corrected chi connectivity index (χ0v) is 12.9. The van der Waals surface area contributed by atoms with Crippen LogP contribution in [0.1, 0.15) is 33.9 Å². The van der Waals surface area contributed by atoms with Gasteiger partial charge in [-0.3, -0.25) is 4.79 Å². The summed E-state index contributed by atoms with van der Waals surface area (Å²) in [6.45, 7) is 6.05. The van der Waals surface area contributed by atoms with Crippen molar-refractivity contribution in [1.82, 2.24) is 4.90 Å². The van der Waals surface area contributed by atoms with Gasteiger partial charge >= 0.3 is 0 Å². The van der Waals surface area contributed by atoms with E-state index in [1.54, 1.807) is 6.07 Å². The van der Waals surface area contributed by atoms with Gasteiger partial charge in [-0.25, -0.2) is 0 Å². The molecule has 2 aliphatic heterocycles. The van der Waals surface area contributed by atoms with Crippen molar-refractivity contribution < 1.29 is 13.9 Å². The van der Waals surface area contributed by atoms with Crippen LogP contribution in [0.4, 0.5) is 0 Å². The maximum atomic E-state index is 12.6. The Balaban J connectivity index is 1.61. The van der Waals surface area contributed by atoms with Crippen molar-refractivity contribution in [2.24, 2.45) is 0 Å². The molecule has 0 radical (unpaired) electrons. The summed E-state index contributed by atoms with van der Waals surface area (Å²) in [7, 11) is 0. The fourth-order valence-electron chi connectivity index (χ4n) is 3.57. The quantitative estimate of drug-likeness (QED) is 0.812. The summed E-state index contributed by atoms with van der Waals surface area (Å²) in [5.41, 5.74) is 2.42. The van der Waals surface area contributed by atoms with Gasteiger partial charge in [0, 0.05) is 18.7 Å². The maximum Gasteiger partial charge on any atom is 0.289 e. The van der Waals surface area contributed by atoms with E-state index >= 15 is 0 Å². The zero-order valence-electron chi connectivity index (χ0n) is 12.9. The lowest BCUT2D eigenvalue weighted by molar-refractivity contribution is 0.0748. The number of nitrogens with zero attached hydrogens (tertiary/aromatic N) is 1. The number of benzene rings is 1. The molecule has 4 nitrogen and oxygen atoms in total. The first-order valence-corrected chi connectivity index (χ1v) is 7.67. The number of furan rings is 1. The molecule has 1 amide bonds. The second kappa shape index (κ2) is 4.63. The molecule has 114 valence electrons. The number of aryl methyl sites for hydroxylation is 2.